The lowest BCUT2D eigenvalue weighted by Gasteiger charge is -2.15. The van der Waals surface area contributed by atoms with Crippen LogP contribution in [-0.2, 0) is 10.0 Å². The summed E-state index contributed by atoms with van der Waals surface area (Å²) in [5, 5.41) is 2.90. The van der Waals surface area contributed by atoms with Crippen molar-refractivity contribution in [1.29, 1.82) is 0 Å². The van der Waals surface area contributed by atoms with Crippen LogP contribution in [0.1, 0.15) is 35.8 Å². The van der Waals surface area contributed by atoms with Gasteiger partial charge in [0.15, 0.2) is 0 Å². The fourth-order valence-corrected chi connectivity index (χ4v) is 3.42. The van der Waals surface area contributed by atoms with Gasteiger partial charge in [0, 0.05) is 12.1 Å². The third-order valence-electron chi connectivity index (χ3n) is 3.88. The highest BCUT2D eigenvalue weighted by Gasteiger charge is 2.15. The molecule has 7 heteroatoms. The molecule has 0 spiro atoms. The molecule has 2 aromatic carbocycles. The van der Waals surface area contributed by atoms with Crippen molar-refractivity contribution in [3.05, 3.63) is 72.3 Å². The summed E-state index contributed by atoms with van der Waals surface area (Å²) in [4.78, 5) is 12.5. The fraction of sp³-hybridized carbons (Fsp3) is 0.250. The molecule has 2 N–H and O–H groups in total. The number of rotatable bonds is 9. The van der Waals surface area contributed by atoms with Crippen LogP contribution in [-0.4, -0.2) is 27.5 Å². The minimum absolute atomic E-state index is 0.0976. The van der Waals surface area contributed by atoms with Crippen molar-refractivity contribution in [2.45, 2.75) is 24.8 Å². The van der Waals surface area contributed by atoms with Gasteiger partial charge in [0.2, 0.25) is 10.0 Å². The third-order valence-corrected chi connectivity index (χ3v) is 5.32. The summed E-state index contributed by atoms with van der Waals surface area (Å²) in [6, 6.07) is 13.1. The summed E-state index contributed by atoms with van der Waals surface area (Å²) < 4.78 is 31.9. The molecule has 0 saturated heterocycles. The molecule has 2 aromatic rings. The molecule has 0 saturated carbocycles. The monoisotopic (exact) mass is 388 g/mol. The molecule has 0 radical (unpaired) electrons. The van der Waals surface area contributed by atoms with Gasteiger partial charge in [0.05, 0.1) is 17.5 Å². The highest BCUT2D eigenvalue weighted by Crippen LogP contribution is 2.18. The van der Waals surface area contributed by atoms with Gasteiger partial charge in [-0.3, -0.25) is 4.79 Å². The Morgan fingerprint density at radius 1 is 1.15 bits per heavy atom. The van der Waals surface area contributed by atoms with Crippen LogP contribution in [0.25, 0.3) is 0 Å². The van der Waals surface area contributed by atoms with Gasteiger partial charge in [0.1, 0.15) is 5.75 Å². The Balaban J connectivity index is 2.03. The maximum atomic E-state index is 12.4. The van der Waals surface area contributed by atoms with E-state index in [2.05, 4.69) is 16.6 Å². The molecule has 0 fully saturated rings. The molecular formula is C20H24N2O4S. The molecule has 0 aliphatic carbocycles. The molecule has 6 nitrogen and oxygen atoms in total. The zero-order valence-electron chi connectivity index (χ0n) is 15.4. The van der Waals surface area contributed by atoms with Crippen LogP contribution in [0.5, 0.6) is 5.75 Å². The van der Waals surface area contributed by atoms with E-state index in [1.54, 1.807) is 0 Å². The van der Waals surface area contributed by atoms with Gasteiger partial charge >= 0.3 is 0 Å². The van der Waals surface area contributed by atoms with E-state index in [4.69, 9.17) is 4.74 Å². The molecule has 0 aromatic heterocycles. The molecule has 2 rings (SSSR count). The summed E-state index contributed by atoms with van der Waals surface area (Å²) >= 11 is 0. The Morgan fingerprint density at radius 3 is 2.33 bits per heavy atom. The average Bonchev–Trinajstić information content (AvgIpc) is 2.67. The van der Waals surface area contributed by atoms with Crippen LogP contribution < -0.4 is 14.8 Å². The van der Waals surface area contributed by atoms with E-state index in [1.807, 2.05) is 38.1 Å². The van der Waals surface area contributed by atoms with E-state index in [1.165, 1.54) is 30.3 Å². The average molecular weight is 388 g/mol. The number of hydrogen-bond acceptors (Lipinski definition) is 4. The van der Waals surface area contributed by atoms with Crippen molar-refractivity contribution in [3.63, 3.8) is 0 Å². The smallest absolute Gasteiger partial charge is 0.251 e. The van der Waals surface area contributed by atoms with Crippen molar-refractivity contribution in [2.75, 3.05) is 13.2 Å². The van der Waals surface area contributed by atoms with Gasteiger partial charge < -0.3 is 10.1 Å². The summed E-state index contributed by atoms with van der Waals surface area (Å²) in [6.07, 6.45) is 1.46. The Hall–Kier alpha value is -2.64. The summed E-state index contributed by atoms with van der Waals surface area (Å²) in [5.41, 5.74) is 1.33. The van der Waals surface area contributed by atoms with Crippen molar-refractivity contribution in [2.24, 2.45) is 0 Å². The molecule has 1 amide bonds. The predicted octanol–water partition coefficient (Wildman–Crippen LogP) is 3.04. The number of sulfonamides is 1. The van der Waals surface area contributed by atoms with Crippen LogP contribution in [0, 0.1) is 0 Å². The summed E-state index contributed by atoms with van der Waals surface area (Å²) in [5.74, 6) is 0.501. The SMILES string of the molecule is C=CCNS(=O)(=O)c1ccc(C(=O)NC(C)c2ccc(OCC)cc2)cc1. The molecule has 144 valence electrons. The van der Waals surface area contributed by atoms with Crippen LogP contribution in [0.4, 0.5) is 0 Å². The minimum Gasteiger partial charge on any atom is -0.494 e. The maximum Gasteiger partial charge on any atom is 0.251 e. The quantitative estimate of drug-likeness (QED) is 0.647. The van der Waals surface area contributed by atoms with E-state index in [9.17, 15) is 13.2 Å². The maximum absolute atomic E-state index is 12.4. The minimum atomic E-state index is -3.60. The van der Waals surface area contributed by atoms with Gasteiger partial charge in [0.25, 0.3) is 5.91 Å². The van der Waals surface area contributed by atoms with Gasteiger partial charge in [-0.25, -0.2) is 13.1 Å². The summed E-state index contributed by atoms with van der Waals surface area (Å²) in [6.45, 7) is 8.02. The van der Waals surface area contributed by atoms with Crippen molar-refractivity contribution >= 4 is 15.9 Å². The van der Waals surface area contributed by atoms with Crippen molar-refractivity contribution in [3.8, 4) is 5.75 Å². The summed E-state index contributed by atoms with van der Waals surface area (Å²) in [7, 11) is -3.60. The molecule has 27 heavy (non-hydrogen) atoms. The van der Waals surface area contributed by atoms with Crippen molar-refractivity contribution in [1.82, 2.24) is 10.0 Å². The lowest BCUT2D eigenvalue weighted by atomic mass is 10.1. The zero-order valence-corrected chi connectivity index (χ0v) is 16.3. The predicted molar refractivity (Wildman–Crippen MR) is 105 cm³/mol. The van der Waals surface area contributed by atoms with E-state index >= 15 is 0 Å². The van der Waals surface area contributed by atoms with Crippen LogP contribution in [0.3, 0.4) is 0 Å². The number of nitrogens with one attached hydrogen (secondary N) is 2. The second kappa shape index (κ2) is 9.34. The largest absolute Gasteiger partial charge is 0.494 e. The van der Waals surface area contributed by atoms with Gasteiger partial charge in [-0.2, -0.15) is 0 Å². The second-order valence-corrected chi connectivity index (χ2v) is 7.63. The number of ether oxygens (including phenoxy) is 1. The fourth-order valence-electron chi connectivity index (χ4n) is 2.42. The number of amides is 1. The standard InChI is InChI=1S/C20H24N2O4S/c1-4-14-21-27(24,25)19-12-8-17(9-13-19)20(23)22-15(3)16-6-10-18(11-7-16)26-5-2/h4,6-13,15,21H,1,5,14H2,2-3H3,(H,22,23). The molecule has 1 atom stereocenters. The van der Waals surface area contributed by atoms with E-state index in [0.717, 1.165) is 11.3 Å². The molecular weight excluding hydrogens is 364 g/mol. The van der Waals surface area contributed by atoms with Crippen LogP contribution >= 0.6 is 0 Å². The first-order chi connectivity index (χ1) is 12.9. The van der Waals surface area contributed by atoms with Crippen LogP contribution in [0.2, 0.25) is 0 Å². The van der Waals surface area contributed by atoms with Gasteiger partial charge in [-0.05, 0) is 55.8 Å². The topological polar surface area (TPSA) is 84.5 Å². The Morgan fingerprint density at radius 2 is 1.78 bits per heavy atom. The first-order valence-corrected chi connectivity index (χ1v) is 10.1. The molecule has 0 aliphatic rings. The third kappa shape index (κ3) is 5.67. The zero-order chi connectivity index (χ0) is 19.9. The molecule has 0 bridgehead atoms. The first kappa shape index (κ1) is 20.7. The highest BCUT2D eigenvalue weighted by atomic mass is 32.2. The second-order valence-electron chi connectivity index (χ2n) is 5.86. The molecule has 0 heterocycles. The van der Waals surface area contributed by atoms with E-state index < -0.39 is 10.0 Å². The lowest BCUT2D eigenvalue weighted by Crippen LogP contribution is -2.27. The van der Waals surface area contributed by atoms with E-state index in [0.29, 0.717) is 12.2 Å². The number of carbonyl (C=O) groups excluding carboxylic acids is 1. The van der Waals surface area contributed by atoms with Crippen LogP contribution in [0.15, 0.2) is 66.1 Å². The normalized spacial score (nSPS) is 12.2. The Labute approximate surface area is 160 Å². The van der Waals surface area contributed by atoms with Gasteiger partial charge in [-0.15, -0.1) is 6.58 Å². The number of hydrogen-bond donors (Lipinski definition) is 2. The van der Waals surface area contributed by atoms with Crippen molar-refractivity contribution < 1.29 is 17.9 Å². The number of carbonyl (C=O) groups is 1. The van der Waals surface area contributed by atoms with E-state index in [-0.39, 0.29) is 23.4 Å². The lowest BCUT2D eigenvalue weighted by molar-refractivity contribution is 0.0940. The molecule has 1 unspecified atom stereocenters. The Bertz CT molecular complexity index is 875. The highest BCUT2D eigenvalue weighted by molar-refractivity contribution is 7.89. The van der Waals surface area contributed by atoms with Gasteiger partial charge in [-0.1, -0.05) is 18.2 Å². The first-order valence-electron chi connectivity index (χ1n) is 8.61. The Kier molecular flexibility index (Phi) is 7.15. The number of benzene rings is 2. The molecule has 0 aliphatic heterocycles.